The van der Waals surface area contributed by atoms with Crippen LogP contribution in [0.2, 0.25) is 0 Å². The van der Waals surface area contributed by atoms with Crippen molar-refractivity contribution in [3.63, 3.8) is 0 Å². The number of aryl methyl sites for hydroxylation is 1. The third-order valence-electron chi connectivity index (χ3n) is 3.05. The SMILES string of the molecule is CCNC(=NCc1ccc(C)s1)NCC1CCCO1.I. The van der Waals surface area contributed by atoms with Crippen LogP contribution in [0.3, 0.4) is 0 Å². The maximum absolute atomic E-state index is 5.60. The van der Waals surface area contributed by atoms with Gasteiger partial charge in [-0.1, -0.05) is 0 Å². The summed E-state index contributed by atoms with van der Waals surface area (Å²) in [5.74, 6) is 0.879. The Kier molecular flexibility index (Phi) is 8.47. The topological polar surface area (TPSA) is 45.7 Å². The fraction of sp³-hybridized carbons (Fsp3) is 0.643. The van der Waals surface area contributed by atoms with E-state index in [0.29, 0.717) is 6.10 Å². The first-order valence-corrected chi connectivity index (χ1v) is 7.78. The maximum atomic E-state index is 5.60. The van der Waals surface area contributed by atoms with E-state index in [9.17, 15) is 0 Å². The summed E-state index contributed by atoms with van der Waals surface area (Å²) in [5.41, 5.74) is 0. The summed E-state index contributed by atoms with van der Waals surface area (Å²) in [6.45, 7) is 7.56. The van der Waals surface area contributed by atoms with E-state index in [1.807, 2.05) is 0 Å². The van der Waals surface area contributed by atoms with Crippen molar-refractivity contribution in [3.8, 4) is 0 Å². The fourth-order valence-electron chi connectivity index (χ4n) is 2.08. The lowest BCUT2D eigenvalue weighted by Crippen LogP contribution is -2.41. The molecule has 0 radical (unpaired) electrons. The van der Waals surface area contributed by atoms with Gasteiger partial charge in [0.15, 0.2) is 5.96 Å². The van der Waals surface area contributed by atoms with Crippen molar-refractivity contribution in [2.75, 3.05) is 19.7 Å². The van der Waals surface area contributed by atoms with Gasteiger partial charge in [0.1, 0.15) is 0 Å². The Hall–Kier alpha value is -0.340. The molecular formula is C14H24IN3OS. The third kappa shape index (κ3) is 5.97. The van der Waals surface area contributed by atoms with E-state index in [2.05, 4.69) is 41.6 Å². The number of nitrogens with one attached hydrogen (secondary N) is 2. The zero-order valence-electron chi connectivity index (χ0n) is 12.1. The van der Waals surface area contributed by atoms with E-state index in [-0.39, 0.29) is 24.0 Å². The van der Waals surface area contributed by atoms with Crippen LogP contribution >= 0.6 is 35.3 Å². The zero-order valence-corrected chi connectivity index (χ0v) is 15.3. The van der Waals surface area contributed by atoms with E-state index in [0.717, 1.165) is 38.6 Å². The number of halogens is 1. The van der Waals surface area contributed by atoms with Crippen LogP contribution in [0.1, 0.15) is 29.5 Å². The molecule has 114 valence electrons. The Morgan fingerprint density at radius 3 is 2.90 bits per heavy atom. The Bertz CT molecular complexity index is 416. The molecular weight excluding hydrogens is 385 g/mol. The van der Waals surface area contributed by atoms with Crippen molar-refractivity contribution in [1.29, 1.82) is 0 Å². The molecule has 1 aliphatic heterocycles. The zero-order chi connectivity index (χ0) is 13.5. The molecule has 2 N–H and O–H groups in total. The van der Waals surface area contributed by atoms with Crippen LogP contribution in [-0.4, -0.2) is 31.8 Å². The first-order chi connectivity index (χ1) is 9.28. The first kappa shape index (κ1) is 17.7. The molecule has 1 atom stereocenters. The van der Waals surface area contributed by atoms with Crippen LogP contribution in [0.5, 0.6) is 0 Å². The summed E-state index contributed by atoms with van der Waals surface area (Å²) in [6, 6.07) is 4.29. The summed E-state index contributed by atoms with van der Waals surface area (Å²) < 4.78 is 5.60. The van der Waals surface area contributed by atoms with E-state index < -0.39 is 0 Å². The second kappa shape index (κ2) is 9.57. The number of thiophene rings is 1. The van der Waals surface area contributed by atoms with Gasteiger partial charge in [-0.2, -0.15) is 0 Å². The number of rotatable bonds is 5. The lowest BCUT2D eigenvalue weighted by molar-refractivity contribution is 0.114. The molecule has 1 unspecified atom stereocenters. The Morgan fingerprint density at radius 2 is 2.30 bits per heavy atom. The van der Waals surface area contributed by atoms with Crippen molar-refractivity contribution in [2.45, 2.75) is 39.3 Å². The molecule has 0 saturated carbocycles. The van der Waals surface area contributed by atoms with Gasteiger partial charge in [0, 0.05) is 29.5 Å². The van der Waals surface area contributed by atoms with Gasteiger partial charge in [-0.05, 0) is 38.8 Å². The highest BCUT2D eigenvalue weighted by Crippen LogP contribution is 2.15. The molecule has 1 saturated heterocycles. The van der Waals surface area contributed by atoms with E-state index in [4.69, 9.17) is 4.74 Å². The number of nitrogens with zero attached hydrogens (tertiary/aromatic N) is 1. The third-order valence-corrected chi connectivity index (χ3v) is 4.04. The number of guanidine groups is 1. The molecule has 1 aliphatic rings. The normalized spacial score (nSPS) is 18.7. The molecule has 1 aromatic rings. The van der Waals surface area contributed by atoms with Crippen molar-refractivity contribution >= 4 is 41.3 Å². The smallest absolute Gasteiger partial charge is 0.191 e. The highest BCUT2D eigenvalue weighted by atomic mass is 127. The van der Waals surface area contributed by atoms with Crippen LogP contribution < -0.4 is 10.6 Å². The molecule has 6 heteroatoms. The molecule has 0 aromatic carbocycles. The van der Waals surface area contributed by atoms with Crippen LogP contribution in [0.4, 0.5) is 0 Å². The highest BCUT2D eigenvalue weighted by molar-refractivity contribution is 14.0. The quantitative estimate of drug-likeness (QED) is 0.447. The number of hydrogen-bond donors (Lipinski definition) is 2. The molecule has 0 amide bonds. The van der Waals surface area contributed by atoms with E-state index >= 15 is 0 Å². The molecule has 1 fully saturated rings. The van der Waals surface area contributed by atoms with Gasteiger partial charge < -0.3 is 15.4 Å². The second-order valence-electron chi connectivity index (χ2n) is 4.72. The Balaban J connectivity index is 0.00000200. The van der Waals surface area contributed by atoms with Crippen molar-refractivity contribution in [3.05, 3.63) is 21.9 Å². The second-order valence-corrected chi connectivity index (χ2v) is 6.10. The van der Waals surface area contributed by atoms with E-state index in [1.54, 1.807) is 11.3 Å². The summed E-state index contributed by atoms with van der Waals surface area (Å²) in [7, 11) is 0. The average Bonchev–Trinajstić information content (AvgIpc) is 3.04. The monoisotopic (exact) mass is 409 g/mol. The first-order valence-electron chi connectivity index (χ1n) is 6.97. The molecule has 0 aliphatic carbocycles. The van der Waals surface area contributed by atoms with Gasteiger partial charge >= 0.3 is 0 Å². The summed E-state index contributed by atoms with van der Waals surface area (Å²) >= 11 is 1.80. The van der Waals surface area contributed by atoms with Crippen molar-refractivity contribution in [2.24, 2.45) is 4.99 Å². The average molecular weight is 409 g/mol. The minimum Gasteiger partial charge on any atom is -0.376 e. The minimum absolute atomic E-state index is 0. The lowest BCUT2D eigenvalue weighted by Gasteiger charge is -2.14. The predicted octanol–water partition coefficient (Wildman–Crippen LogP) is 2.91. The molecule has 2 heterocycles. The summed E-state index contributed by atoms with van der Waals surface area (Å²) in [6.07, 6.45) is 2.67. The molecule has 0 spiro atoms. The van der Waals surface area contributed by atoms with Crippen LogP contribution in [-0.2, 0) is 11.3 Å². The molecule has 0 bridgehead atoms. The van der Waals surface area contributed by atoms with E-state index in [1.165, 1.54) is 16.2 Å². The molecule has 1 aromatic heterocycles. The molecule has 4 nitrogen and oxygen atoms in total. The van der Waals surface area contributed by atoms with Crippen molar-refractivity contribution < 1.29 is 4.74 Å². The predicted molar refractivity (Wildman–Crippen MR) is 96.3 cm³/mol. The standard InChI is InChI=1S/C14H23N3OS.HI/c1-3-15-14(16-9-12-5-4-8-18-12)17-10-13-7-6-11(2)19-13;/h6-7,12H,3-5,8-10H2,1-2H3,(H2,15,16,17);1H. The van der Waals surface area contributed by atoms with Gasteiger partial charge in [-0.25, -0.2) is 4.99 Å². The van der Waals surface area contributed by atoms with Gasteiger partial charge in [0.25, 0.3) is 0 Å². The van der Waals surface area contributed by atoms with Crippen LogP contribution in [0.25, 0.3) is 0 Å². The summed E-state index contributed by atoms with van der Waals surface area (Å²) in [5, 5.41) is 6.63. The van der Waals surface area contributed by atoms with Gasteiger partial charge in [0.05, 0.1) is 12.6 Å². The highest BCUT2D eigenvalue weighted by Gasteiger charge is 2.15. The van der Waals surface area contributed by atoms with Gasteiger partial charge in [0.2, 0.25) is 0 Å². The van der Waals surface area contributed by atoms with Crippen LogP contribution in [0, 0.1) is 6.92 Å². The lowest BCUT2D eigenvalue weighted by atomic mass is 10.2. The van der Waals surface area contributed by atoms with Crippen LogP contribution in [0.15, 0.2) is 17.1 Å². The summed E-state index contributed by atoms with van der Waals surface area (Å²) in [4.78, 5) is 7.24. The largest absolute Gasteiger partial charge is 0.376 e. The Morgan fingerprint density at radius 1 is 1.45 bits per heavy atom. The minimum atomic E-state index is 0. The van der Waals surface area contributed by atoms with Gasteiger partial charge in [-0.3, -0.25) is 0 Å². The molecule has 20 heavy (non-hydrogen) atoms. The number of ether oxygens (including phenoxy) is 1. The van der Waals surface area contributed by atoms with Gasteiger partial charge in [-0.15, -0.1) is 35.3 Å². The maximum Gasteiger partial charge on any atom is 0.191 e. The van der Waals surface area contributed by atoms with Crippen molar-refractivity contribution in [1.82, 2.24) is 10.6 Å². The number of aliphatic imine (C=N–C) groups is 1. The molecule has 2 rings (SSSR count). The Labute approximate surface area is 142 Å². The fourth-order valence-corrected chi connectivity index (χ4v) is 2.90. The number of hydrogen-bond acceptors (Lipinski definition) is 3.